The molecule has 1 aliphatic heterocycles. The van der Waals surface area contributed by atoms with Gasteiger partial charge < -0.3 is 13.6 Å². The number of rotatable bonds is 10. The standard InChI is InChI=1S/C13H28O3Si.C6H12/c1-5-13(14-6-2)11-9-10-12-17(13,15-7-3)16-8-4;1-3-5-6-4-2/h5-12H2,1-4H3;3H,1,4-6H2,2H3. The van der Waals surface area contributed by atoms with Gasteiger partial charge >= 0.3 is 8.56 Å². The minimum Gasteiger partial charge on any atom is -0.393 e. The molecule has 0 amide bonds. The first-order valence-electron chi connectivity index (χ1n) is 9.64. The van der Waals surface area contributed by atoms with Gasteiger partial charge in [0, 0.05) is 19.8 Å². The van der Waals surface area contributed by atoms with E-state index < -0.39 is 8.56 Å². The Bertz CT molecular complexity index is 281. The first-order valence-corrected chi connectivity index (χ1v) is 11.7. The summed E-state index contributed by atoms with van der Waals surface area (Å²) in [5.41, 5.74) is 0. The Balaban J connectivity index is 0.000000688. The fourth-order valence-corrected chi connectivity index (χ4v) is 7.92. The molecule has 1 atom stereocenters. The van der Waals surface area contributed by atoms with Gasteiger partial charge in [0.05, 0.1) is 0 Å². The molecule has 0 saturated carbocycles. The Kier molecular flexibility index (Phi) is 13.1. The molecule has 1 aliphatic rings. The summed E-state index contributed by atoms with van der Waals surface area (Å²) in [6, 6.07) is 1.09. The van der Waals surface area contributed by atoms with Gasteiger partial charge in [-0.2, -0.15) is 0 Å². The van der Waals surface area contributed by atoms with Gasteiger partial charge in [-0.1, -0.05) is 45.6 Å². The van der Waals surface area contributed by atoms with Gasteiger partial charge in [0.15, 0.2) is 0 Å². The highest BCUT2D eigenvalue weighted by molar-refractivity contribution is 6.70. The molecular weight excluding hydrogens is 304 g/mol. The third-order valence-electron chi connectivity index (χ3n) is 4.54. The topological polar surface area (TPSA) is 27.7 Å². The summed E-state index contributed by atoms with van der Waals surface area (Å²) in [5, 5.41) is -0.119. The van der Waals surface area contributed by atoms with E-state index in [-0.39, 0.29) is 5.22 Å². The zero-order valence-corrected chi connectivity index (χ0v) is 17.3. The van der Waals surface area contributed by atoms with Crippen LogP contribution >= 0.6 is 0 Å². The zero-order chi connectivity index (χ0) is 17.6. The van der Waals surface area contributed by atoms with Gasteiger partial charge in [0.25, 0.3) is 0 Å². The highest BCUT2D eigenvalue weighted by atomic mass is 28.4. The van der Waals surface area contributed by atoms with Crippen molar-refractivity contribution in [3.05, 3.63) is 12.7 Å². The first-order chi connectivity index (χ1) is 11.1. The van der Waals surface area contributed by atoms with Gasteiger partial charge in [-0.05, 0) is 46.1 Å². The van der Waals surface area contributed by atoms with Crippen LogP contribution in [0.2, 0.25) is 6.04 Å². The maximum atomic E-state index is 6.16. The summed E-state index contributed by atoms with van der Waals surface area (Å²) in [6.45, 7) is 16.4. The van der Waals surface area contributed by atoms with Crippen molar-refractivity contribution < 1.29 is 13.6 Å². The van der Waals surface area contributed by atoms with Crippen LogP contribution in [0.25, 0.3) is 0 Å². The van der Waals surface area contributed by atoms with Crippen molar-refractivity contribution in [2.24, 2.45) is 0 Å². The summed E-state index contributed by atoms with van der Waals surface area (Å²) in [5.74, 6) is 0. The van der Waals surface area contributed by atoms with Crippen LogP contribution in [-0.4, -0.2) is 33.6 Å². The lowest BCUT2D eigenvalue weighted by Gasteiger charge is -2.49. The van der Waals surface area contributed by atoms with Gasteiger partial charge in [-0.3, -0.25) is 0 Å². The summed E-state index contributed by atoms with van der Waals surface area (Å²) in [4.78, 5) is 0. The second kappa shape index (κ2) is 13.2. The normalized spacial score (nSPS) is 23.0. The lowest BCUT2D eigenvalue weighted by molar-refractivity contribution is -0.0426. The largest absolute Gasteiger partial charge is 0.393 e. The molecule has 23 heavy (non-hydrogen) atoms. The van der Waals surface area contributed by atoms with Crippen molar-refractivity contribution in [2.45, 2.75) is 90.8 Å². The molecule has 1 saturated heterocycles. The van der Waals surface area contributed by atoms with E-state index in [9.17, 15) is 0 Å². The molecule has 0 aromatic carbocycles. The third kappa shape index (κ3) is 6.69. The van der Waals surface area contributed by atoms with Crippen LogP contribution in [0, 0.1) is 0 Å². The van der Waals surface area contributed by atoms with E-state index >= 15 is 0 Å². The van der Waals surface area contributed by atoms with Gasteiger partial charge in [-0.15, -0.1) is 6.58 Å². The van der Waals surface area contributed by atoms with Crippen LogP contribution in [0.3, 0.4) is 0 Å². The summed E-state index contributed by atoms with van der Waals surface area (Å²) in [6.07, 6.45) is 10.3. The Morgan fingerprint density at radius 1 is 1.00 bits per heavy atom. The maximum absolute atomic E-state index is 6.16. The average Bonchev–Trinajstić information content (AvgIpc) is 2.56. The number of hydrogen-bond donors (Lipinski definition) is 0. The second-order valence-electron chi connectivity index (χ2n) is 6.04. The summed E-state index contributed by atoms with van der Waals surface area (Å²) < 4.78 is 18.5. The summed E-state index contributed by atoms with van der Waals surface area (Å²) >= 11 is 0. The van der Waals surface area contributed by atoms with Crippen molar-refractivity contribution in [1.82, 2.24) is 0 Å². The van der Waals surface area contributed by atoms with Crippen LogP contribution in [-0.2, 0) is 13.6 Å². The molecule has 0 aliphatic carbocycles. The second-order valence-corrected chi connectivity index (χ2v) is 9.53. The quantitative estimate of drug-likeness (QED) is 0.286. The number of hydrogen-bond acceptors (Lipinski definition) is 3. The first kappa shape index (κ1) is 22.8. The van der Waals surface area contributed by atoms with E-state index in [1.54, 1.807) is 0 Å². The van der Waals surface area contributed by atoms with Crippen LogP contribution < -0.4 is 0 Å². The Labute approximate surface area is 146 Å². The fraction of sp³-hybridized carbons (Fsp3) is 0.895. The highest BCUT2D eigenvalue weighted by Crippen LogP contribution is 2.42. The average molecular weight is 345 g/mol. The molecule has 1 unspecified atom stereocenters. The van der Waals surface area contributed by atoms with Crippen LogP contribution in [0.4, 0.5) is 0 Å². The molecule has 0 aromatic heterocycles. The van der Waals surface area contributed by atoms with Gasteiger partial charge in [0.1, 0.15) is 5.22 Å². The zero-order valence-electron chi connectivity index (χ0n) is 16.3. The van der Waals surface area contributed by atoms with E-state index in [0.29, 0.717) is 0 Å². The van der Waals surface area contributed by atoms with E-state index in [4.69, 9.17) is 13.6 Å². The number of ether oxygens (including phenoxy) is 1. The molecule has 0 radical (unpaired) electrons. The third-order valence-corrected chi connectivity index (χ3v) is 9.20. The predicted octanol–water partition coefficient (Wildman–Crippen LogP) is 5.77. The minimum atomic E-state index is -2.21. The fourth-order valence-electron chi connectivity index (χ4n) is 3.46. The van der Waals surface area contributed by atoms with E-state index in [0.717, 1.165) is 38.7 Å². The van der Waals surface area contributed by atoms with Crippen molar-refractivity contribution in [2.75, 3.05) is 19.8 Å². The lowest BCUT2D eigenvalue weighted by Crippen LogP contribution is -2.65. The van der Waals surface area contributed by atoms with E-state index in [1.165, 1.54) is 32.1 Å². The molecule has 1 fully saturated rings. The molecule has 1 rings (SSSR count). The Morgan fingerprint density at radius 3 is 2.04 bits per heavy atom. The lowest BCUT2D eigenvalue weighted by atomic mass is 10.1. The number of unbranched alkanes of at least 4 members (excludes halogenated alkanes) is 2. The monoisotopic (exact) mass is 344 g/mol. The smallest absolute Gasteiger partial charge is 0.371 e. The maximum Gasteiger partial charge on any atom is 0.371 e. The van der Waals surface area contributed by atoms with Crippen LogP contribution in [0.5, 0.6) is 0 Å². The summed E-state index contributed by atoms with van der Waals surface area (Å²) in [7, 11) is -2.21. The Hall–Kier alpha value is -0.163. The van der Waals surface area contributed by atoms with Crippen molar-refractivity contribution in [3.63, 3.8) is 0 Å². The SMILES string of the molecule is C=CCCCC.CCOC1(CC)CCCC[Si]1(OCC)OCC. The number of allylic oxidation sites excluding steroid dienone is 1. The van der Waals surface area contributed by atoms with Crippen molar-refractivity contribution >= 4 is 8.56 Å². The molecule has 4 heteroatoms. The molecule has 1 heterocycles. The molecular formula is C19H40O3Si. The Morgan fingerprint density at radius 2 is 1.65 bits per heavy atom. The van der Waals surface area contributed by atoms with Gasteiger partial charge in [-0.25, -0.2) is 0 Å². The molecule has 0 bridgehead atoms. The molecule has 138 valence electrons. The van der Waals surface area contributed by atoms with E-state index in [1.807, 2.05) is 6.08 Å². The predicted molar refractivity (Wildman–Crippen MR) is 102 cm³/mol. The highest BCUT2D eigenvalue weighted by Gasteiger charge is 2.58. The molecule has 0 N–H and O–H groups in total. The van der Waals surface area contributed by atoms with Gasteiger partial charge in [0.2, 0.25) is 0 Å². The molecule has 3 nitrogen and oxygen atoms in total. The molecule has 0 aromatic rings. The van der Waals surface area contributed by atoms with Crippen LogP contribution in [0.15, 0.2) is 12.7 Å². The van der Waals surface area contributed by atoms with Crippen molar-refractivity contribution in [1.29, 1.82) is 0 Å². The van der Waals surface area contributed by atoms with Crippen LogP contribution in [0.1, 0.15) is 79.6 Å². The molecule has 0 spiro atoms. The van der Waals surface area contributed by atoms with E-state index in [2.05, 4.69) is 41.2 Å². The van der Waals surface area contributed by atoms with Crippen molar-refractivity contribution in [3.8, 4) is 0 Å². The minimum absolute atomic E-state index is 0.119.